The lowest BCUT2D eigenvalue weighted by Gasteiger charge is -2.19. The van der Waals surface area contributed by atoms with Crippen molar-refractivity contribution in [3.05, 3.63) is 47.4 Å². The fourth-order valence-electron chi connectivity index (χ4n) is 3.30. The number of carbonyl (C=O) groups is 1. The molecule has 1 saturated heterocycles. The molecule has 6 heteroatoms. The first-order valence-corrected chi connectivity index (χ1v) is 9.58. The molecule has 2 aromatic heterocycles. The smallest absolute Gasteiger partial charge is 0.228 e. The quantitative estimate of drug-likeness (QED) is 0.706. The van der Waals surface area contributed by atoms with Gasteiger partial charge >= 0.3 is 0 Å². The first kappa shape index (κ1) is 16.3. The zero-order valence-corrected chi connectivity index (χ0v) is 14.8. The molecule has 25 heavy (non-hydrogen) atoms. The van der Waals surface area contributed by atoms with Crippen molar-refractivity contribution < 1.29 is 9.18 Å². The van der Waals surface area contributed by atoms with Crippen LogP contribution in [0.2, 0.25) is 0 Å². The lowest BCUT2D eigenvalue weighted by molar-refractivity contribution is -0.130. The van der Waals surface area contributed by atoms with E-state index in [-0.39, 0.29) is 11.7 Å². The van der Waals surface area contributed by atoms with Crippen molar-refractivity contribution in [3.63, 3.8) is 0 Å². The van der Waals surface area contributed by atoms with Crippen molar-refractivity contribution in [1.82, 2.24) is 14.3 Å². The first-order chi connectivity index (χ1) is 12.2. The van der Waals surface area contributed by atoms with Gasteiger partial charge in [-0.25, -0.2) is 9.37 Å². The maximum Gasteiger partial charge on any atom is 0.228 e. The normalized spacial score (nSPS) is 15.5. The van der Waals surface area contributed by atoms with E-state index in [4.69, 9.17) is 0 Å². The van der Waals surface area contributed by atoms with Crippen LogP contribution in [0.1, 0.15) is 31.4 Å². The predicted molar refractivity (Wildman–Crippen MR) is 97.2 cm³/mol. The van der Waals surface area contributed by atoms with Crippen LogP contribution in [-0.2, 0) is 11.2 Å². The van der Waals surface area contributed by atoms with Crippen LogP contribution in [0, 0.1) is 5.82 Å². The zero-order valence-electron chi connectivity index (χ0n) is 13.9. The Bertz CT molecular complexity index is 876. The Labute approximate surface area is 149 Å². The molecule has 1 amide bonds. The van der Waals surface area contributed by atoms with E-state index in [1.807, 2.05) is 20.9 Å². The second-order valence-electron chi connectivity index (χ2n) is 6.48. The number of halogens is 1. The number of aromatic nitrogens is 2. The summed E-state index contributed by atoms with van der Waals surface area (Å²) in [6.07, 6.45) is 6.97. The number of likely N-dealkylation sites (tertiary alicyclic amines) is 1. The van der Waals surface area contributed by atoms with Crippen molar-refractivity contribution >= 4 is 22.2 Å². The lowest BCUT2D eigenvalue weighted by Crippen LogP contribution is -2.33. The summed E-state index contributed by atoms with van der Waals surface area (Å²) in [5, 5.41) is 2.01. The molecule has 0 saturated carbocycles. The number of rotatable bonds is 3. The second kappa shape index (κ2) is 6.96. The van der Waals surface area contributed by atoms with Crippen LogP contribution < -0.4 is 0 Å². The van der Waals surface area contributed by atoms with Gasteiger partial charge in [0.1, 0.15) is 5.82 Å². The molecule has 0 radical (unpaired) electrons. The number of carbonyl (C=O) groups excluding carboxylic acids is 1. The fourth-order valence-corrected chi connectivity index (χ4v) is 4.18. The molecule has 0 atom stereocenters. The molecule has 0 N–H and O–H groups in total. The summed E-state index contributed by atoms with van der Waals surface area (Å²) in [5.41, 5.74) is 2.65. The maximum absolute atomic E-state index is 13.1. The molecule has 1 aromatic carbocycles. The average molecular weight is 357 g/mol. The van der Waals surface area contributed by atoms with Crippen LogP contribution in [0.4, 0.5) is 4.39 Å². The summed E-state index contributed by atoms with van der Waals surface area (Å²) >= 11 is 1.53. The van der Waals surface area contributed by atoms with Crippen LogP contribution in [-0.4, -0.2) is 33.3 Å². The average Bonchev–Trinajstić information content (AvgIpc) is 3.06. The molecule has 4 nitrogen and oxygen atoms in total. The van der Waals surface area contributed by atoms with E-state index in [0.717, 1.165) is 47.8 Å². The molecule has 0 bridgehead atoms. The highest BCUT2D eigenvalue weighted by molar-refractivity contribution is 7.15. The van der Waals surface area contributed by atoms with Gasteiger partial charge in [0.15, 0.2) is 4.96 Å². The van der Waals surface area contributed by atoms with E-state index >= 15 is 0 Å². The standard InChI is InChI=1S/C19H20FN3OS/c20-15-7-5-14(6-8-15)17-12-23-16(13-25-19(23)21-17)11-18(24)22-9-3-1-2-4-10-22/h5-8,12-13H,1-4,9-11H2. The van der Waals surface area contributed by atoms with Crippen molar-refractivity contribution in [2.24, 2.45) is 0 Å². The highest BCUT2D eigenvalue weighted by atomic mass is 32.1. The minimum absolute atomic E-state index is 0.193. The molecule has 3 heterocycles. The lowest BCUT2D eigenvalue weighted by atomic mass is 10.2. The Kier molecular flexibility index (Phi) is 4.53. The van der Waals surface area contributed by atoms with Crippen LogP contribution >= 0.6 is 11.3 Å². The number of nitrogens with zero attached hydrogens (tertiary/aromatic N) is 3. The van der Waals surface area contributed by atoms with E-state index < -0.39 is 0 Å². The van der Waals surface area contributed by atoms with Gasteiger partial charge in [-0.05, 0) is 37.1 Å². The Balaban J connectivity index is 1.56. The van der Waals surface area contributed by atoms with Crippen LogP contribution in [0.5, 0.6) is 0 Å². The van der Waals surface area contributed by atoms with E-state index in [0.29, 0.717) is 6.42 Å². The molecular formula is C19H20FN3OS. The second-order valence-corrected chi connectivity index (χ2v) is 7.32. The van der Waals surface area contributed by atoms with Gasteiger partial charge in [0, 0.05) is 35.9 Å². The van der Waals surface area contributed by atoms with Gasteiger partial charge in [-0.3, -0.25) is 9.20 Å². The summed E-state index contributed by atoms with van der Waals surface area (Å²) in [6, 6.07) is 6.33. The number of thiazole rings is 1. The Morgan fingerprint density at radius 2 is 1.84 bits per heavy atom. The summed E-state index contributed by atoms with van der Waals surface area (Å²) in [5.74, 6) is -0.0628. The number of fused-ring (bicyclic) bond motifs is 1. The van der Waals surface area contributed by atoms with Crippen LogP contribution in [0.15, 0.2) is 35.8 Å². The summed E-state index contributed by atoms with van der Waals surface area (Å²) in [6.45, 7) is 1.74. The molecule has 3 aromatic rings. The third-order valence-corrected chi connectivity index (χ3v) is 5.60. The van der Waals surface area contributed by atoms with Crippen molar-refractivity contribution in [2.75, 3.05) is 13.1 Å². The largest absolute Gasteiger partial charge is 0.342 e. The minimum Gasteiger partial charge on any atom is -0.342 e. The Hall–Kier alpha value is -2.21. The molecule has 130 valence electrons. The number of hydrogen-bond donors (Lipinski definition) is 0. The predicted octanol–water partition coefficient (Wildman–Crippen LogP) is 4.15. The molecule has 0 unspecified atom stereocenters. The number of hydrogen-bond acceptors (Lipinski definition) is 3. The minimum atomic E-state index is -0.256. The maximum atomic E-state index is 13.1. The van der Waals surface area contributed by atoms with E-state index in [1.54, 1.807) is 12.1 Å². The number of imidazole rings is 1. The highest BCUT2D eigenvalue weighted by Crippen LogP contribution is 2.24. The SMILES string of the molecule is O=C(Cc1csc2nc(-c3ccc(F)cc3)cn12)N1CCCCCC1. The van der Waals surface area contributed by atoms with Gasteiger partial charge in [0.05, 0.1) is 12.1 Å². The van der Waals surface area contributed by atoms with Crippen molar-refractivity contribution in [3.8, 4) is 11.3 Å². The van der Waals surface area contributed by atoms with Crippen molar-refractivity contribution in [2.45, 2.75) is 32.1 Å². The molecule has 0 spiro atoms. The molecule has 1 fully saturated rings. The highest BCUT2D eigenvalue weighted by Gasteiger charge is 2.18. The number of amides is 1. The number of benzene rings is 1. The molecular weight excluding hydrogens is 337 g/mol. The third-order valence-electron chi connectivity index (χ3n) is 4.71. The van der Waals surface area contributed by atoms with Gasteiger partial charge < -0.3 is 4.90 Å². The molecule has 4 rings (SSSR count). The van der Waals surface area contributed by atoms with Crippen molar-refractivity contribution in [1.29, 1.82) is 0 Å². The summed E-state index contributed by atoms with van der Waals surface area (Å²) in [7, 11) is 0. The monoisotopic (exact) mass is 357 g/mol. The van der Waals surface area contributed by atoms with Crippen LogP contribution in [0.3, 0.4) is 0 Å². The summed E-state index contributed by atoms with van der Waals surface area (Å²) in [4.78, 5) is 20.1. The molecule has 1 aliphatic heterocycles. The Morgan fingerprint density at radius 1 is 1.12 bits per heavy atom. The molecule has 1 aliphatic rings. The van der Waals surface area contributed by atoms with Crippen LogP contribution in [0.25, 0.3) is 16.2 Å². The van der Waals surface area contributed by atoms with Gasteiger partial charge in [-0.1, -0.05) is 12.8 Å². The topological polar surface area (TPSA) is 37.6 Å². The fraction of sp³-hybridized carbons (Fsp3) is 0.368. The Morgan fingerprint density at radius 3 is 2.56 bits per heavy atom. The van der Waals surface area contributed by atoms with Gasteiger partial charge in [0.25, 0.3) is 0 Å². The molecule has 0 aliphatic carbocycles. The summed E-state index contributed by atoms with van der Waals surface area (Å²) < 4.78 is 15.1. The first-order valence-electron chi connectivity index (χ1n) is 8.70. The third kappa shape index (κ3) is 3.44. The van der Waals surface area contributed by atoms with E-state index in [1.165, 1.54) is 36.3 Å². The van der Waals surface area contributed by atoms with Gasteiger partial charge in [0.2, 0.25) is 5.91 Å². The van der Waals surface area contributed by atoms with E-state index in [9.17, 15) is 9.18 Å². The van der Waals surface area contributed by atoms with Gasteiger partial charge in [-0.15, -0.1) is 11.3 Å². The zero-order chi connectivity index (χ0) is 17.2. The van der Waals surface area contributed by atoms with E-state index in [2.05, 4.69) is 4.98 Å². The van der Waals surface area contributed by atoms with Gasteiger partial charge in [-0.2, -0.15) is 0 Å².